The summed E-state index contributed by atoms with van der Waals surface area (Å²) in [5.74, 6) is 1.04. The average molecular weight is 219 g/mol. The van der Waals surface area contributed by atoms with E-state index in [2.05, 4.69) is 30.4 Å². The minimum absolute atomic E-state index is 0.732. The summed E-state index contributed by atoms with van der Waals surface area (Å²) in [5.41, 5.74) is 2.54. The summed E-state index contributed by atoms with van der Waals surface area (Å²) >= 11 is 0. The van der Waals surface area contributed by atoms with Crippen molar-refractivity contribution in [2.45, 2.75) is 45.7 Å². The maximum atomic E-state index is 5.66. The lowest BCUT2D eigenvalue weighted by atomic mass is 9.93. The van der Waals surface area contributed by atoms with E-state index >= 15 is 0 Å². The van der Waals surface area contributed by atoms with Gasteiger partial charge in [0.05, 0.1) is 6.61 Å². The monoisotopic (exact) mass is 219 g/mol. The molecule has 0 amide bonds. The van der Waals surface area contributed by atoms with Crippen LogP contribution >= 0.6 is 0 Å². The Labute approximate surface area is 98.0 Å². The van der Waals surface area contributed by atoms with Gasteiger partial charge in [0.25, 0.3) is 0 Å². The molecule has 2 heteroatoms. The number of rotatable bonds is 5. The number of hydrogen-bond donors (Lipinski definition) is 1. The van der Waals surface area contributed by atoms with Crippen LogP contribution in [0.3, 0.4) is 0 Å². The first kappa shape index (κ1) is 11.5. The first-order chi connectivity index (χ1) is 7.79. The van der Waals surface area contributed by atoms with Gasteiger partial charge >= 0.3 is 0 Å². The Morgan fingerprint density at radius 2 is 2.19 bits per heavy atom. The average Bonchev–Trinajstić information content (AvgIpc) is 2.19. The molecule has 0 saturated heterocycles. The highest BCUT2D eigenvalue weighted by molar-refractivity contribution is 5.37. The zero-order valence-corrected chi connectivity index (χ0v) is 10.3. The SMILES string of the molecule is CCOc1cc(C)ccc1CNC1CCC1. The molecule has 2 rings (SSSR count). The van der Waals surface area contributed by atoms with Crippen LogP contribution in [0.25, 0.3) is 0 Å². The van der Waals surface area contributed by atoms with Gasteiger partial charge in [0.1, 0.15) is 5.75 Å². The summed E-state index contributed by atoms with van der Waals surface area (Å²) in [7, 11) is 0. The van der Waals surface area contributed by atoms with Crippen LogP contribution in [0.2, 0.25) is 0 Å². The van der Waals surface area contributed by atoms with Gasteiger partial charge in [0, 0.05) is 18.2 Å². The number of ether oxygens (including phenoxy) is 1. The first-order valence-electron chi connectivity index (χ1n) is 6.25. The van der Waals surface area contributed by atoms with Crippen molar-refractivity contribution in [3.05, 3.63) is 29.3 Å². The van der Waals surface area contributed by atoms with Gasteiger partial charge in [-0.05, 0) is 38.3 Å². The zero-order chi connectivity index (χ0) is 11.4. The van der Waals surface area contributed by atoms with E-state index in [0.717, 1.165) is 24.9 Å². The van der Waals surface area contributed by atoms with E-state index in [0.29, 0.717) is 0 Å². The Bertz CT molecular complexity index is 345. The van der Waals surface area contributed by atoms with E-state index in [1.54, 1.807) is 0 Å². The summed E-state index contributed by atoms with van der Waals surface area (Å²) in [4.78, 5) is 0. The minimum Gasteiger partial charge on any atom is -0.494 e. The van der Waals surface area contributed by atoms with Crippen LogP contribution in [0.5, 0.6) is 5.75 Å². The van der Waals surface area contributed by atoms with Crippen molar-refractivity contribution in [2.75, 3.05) is 6.61 Å². The Morgan fingerprint density at radius 3 is 2.81 bits per heavy atom. The van der Waals surface area contributed by atoms with E-state index in [1.807, 2.05) is 6.92 Å². The van der Waals surface area contributed by atoms with Gasteiger partial charge in [0.2, 0.25) is 0 Å². The molecule has 0 atom stereocenters. The third kappa shape index (κ3) is 2.76. The standard InChI is InChI=1S/C14H21NO/c1-3-16-14-9-11(2)7-8-12(14)10-15-13-5-4-6-13/h7-9,13,15H,3-6,10H2,1-2H3. The third-order valence-electron chi connectivity index (χ3n) is 3.21. The Hall–Kier alpha value is -1.02. The fraction of sp³-hybridized carbons (Fsp3) is 0.571. The van der Waals surface area contributed by atoms with Crippen molar-refractivity contribution in [3.63, 3.8) is 0 Å². The normalized spacial score (nSPS) is 15.9. The van der Waals surface area contributed by atoms with Crippen molar-refractivity contribution >= 4 is 0 Å². The maximum Gasteiger partial charge on any atom is 0.124 e. The van der Waals surface area contributed by atoms with Crippen molar-refractivity contribution in [2.24, 2.45) is 0 Å². The number of nitrogens with one attached hydrogen (secondary N) is 1. The molecule has 0 bridgehead atoms. The third-order valence-corrected chi connectivity index (χ3v) is 3.21. The summed E-state index contributed by atoms with van der Waals surface area (Å²) in [6.07, 6.45) is 4.04. The molecule has 0 radical (unpaired) electrons. The molecule has 1 aromatic rings. The summed E-state index contributed by atoms with van der Waals surface area (Å²) in [6, 6.07) is 7.18. The Balaban J connectivity index is 1.99. The topological polar surface area (TPSA) is 21.3 Å². The predicted molar refractivity (Wildman–Crippen MR) is 66.8 cm³/mol. The van der Waals surface area contributed by atoms with Crippen molar-refractivity contribution in [1.29, 1.82) is 0 Å². The van der Waals surface area contributed by atoms with Gasteiger partial charge in [-0.2, -0.15) is 0 Å². The smallest absolute Gasteiger partial charge is 0.124 e. The van der Waals surface area contributed by atoms with Crippen molar-refractivity contribution in [1.82, 2.24) is 5.32 Å². The molecule has 1 aliphatic rings. The molecule has 0 aliphatic heterocycles. The maximum absolute atomic E-state index is 5.66. The lowest BCUT2D eigenvalue weighted by Gasteiger charge is -2.27. The molecule has 16 heavy (non-hydrogen) atoms. The van der Waals surface area contributed by atoms with Crippen molar-refractivity contribution < 1.29 is 4.74 Å². The second-order valence-corrected chi connectivity index (χ2v) is 4.55. The molecule has 0 heterocycles. The number of hydrogen-bond acceptors (Lipinski definition) is 2. The van der Waals surface area contributed by atoms with Crippen LogP contribution in [-0.2, 0) is 6.54 Å². The molecule has 88 valence electrons. The molecule has 1 aromatic carbocycles. The van der Waals surface area contributed by atoms with E-state index in [1.165, 1.54) is 30.4 Å². The lowest BCUT2D eigenvalue weighted by Crippen LogP contribution is -2.34. The first-order valence-corrected chi connectivity index (χ1v) is 6.25. The van der Waals surface area contributed by atoms with E-state index in [-0.39, 0.29) is 0 Å². The number of benzene rings is 1. The Morgan fingerprint density at radius 1 is 1.38 bits per heavy atom. The van der Waals surface area contributed by atoms with Crippen LogP contribution in [0.4, 0.5) is 0 Å². The van der Waals surface area contributed by atoms with Crippen molar-refractivity contribution in [3.8, 4) is 5.75 Å². The Kier molecular flexibility index (Phi) is 3.83. The second-order valence-electron chi connectivity index (χ2n) is 4.55. The minimum atomic E-state index is 0.732. The van der Waals surface area contributed by atoms with Crippen LogP contribution in [0.1, 0.15) is 37.3 Å². The van der Waals surface area contributed by atoms with Crippen LogP contribution in [0.15, 0.2) is 18.2 Å². The van der Waals surface area contributed by atoms with Gasteiger partial charge in [-0.15, -0.1) is 0 Å². The molecule has 0 aromatic heterocycles. The number of aryl methyl sites for hydroxylation is 1. The van der Waals surface area contributed by atoms with Gasteiger partial charge < -0.3 is 10.1 Å². The molecule has 2 nitrogen and oxygen atoms in total. The van der Waals surface area contributed by atoms with Gasteiger partial charge in [-0.1, -0.05) is 18.6 Å². The van der Waals surface area contributed by atoms with Gasteiger partial charge in [-0.25, -0.2) is 0 Å². The molecule has 1 N–H and O–H groups in total. The molecule has 0 spiro atoms. The van der Waals surface area contributed by atoms with Crippen LogP contribution in [0, 0.1) is 6.92 Å². The van der Waals surface area contributed by atoms with E-state index in [9.17, 15) is 0 Å². The second kappa shape index (κ2) is 5.35. The zero-order valence-electron chi connectivity index (χ0n) is 10.3. The van der Waals surface area contributed by atoms with Crippen LogP contribution < -0.4 is 10.1 Å². The molecular weight excluding hydrogens is 198 g/mol. The summed E-state index contributed by atoms with van der Waals surface area (Å²) in [5, 5.41) is 3.57. The van der Waals surface area contributed by atoms with Crippen LogP contribution in [-0.4, -0.2) is 12.6 Å². The molecule has 1 fully saturated rings. The predicted octanol–water partition coefficient (Wildman–Crippen LogP) is 3.04. The largest absolute Gasteiger partial charge is 0.494 e. The summed E-state index contributed by atoms with van der Waals surface area (Å²) < 4.78 is 5.66. The fourth-order valence-corrected chi connectivity index (χ4v) is 1.96. The van der Waals surface area contributed by atoms with E-state index in [4.69, 9.17) is 4.74 Å². The highest BCUT2D eigenvalue weighted by Gasteiger charge is 2.16. The quantitative estimate of drug-likeness (QED) is 0.822. The fourth-order valence-electron chi connectivity index (χ4n) is 1.96. The highest BCUT2D eigenvalue weighted by atomic mass is 16.5. The van der Waals surface area contributed by atoms with Gasteiger partial charge in [-0.3, -0.25) is 0 Å². The highest BCUT2D eigenvalue weighted by Crippen LogP contribution is 2.23. The van der Waals surface area contributed by atoms with Gasteiger partial charge in [0.15, 0.2) is 0 Å². The lowest BCUT2D eigenvalue weighted by molar-refractivity contribution is 0.320. The summed E-state index contributed by atoms with van der Waals surface area (Å²) in [6.45, 7) is 5.80. The molecule has 1 aliphatic carbocycles. The van der Waals surface area contributed by atoms with E-state index < -0.39 is 0 Å². The molecular formula is C14H21NO. The molecule has 1 saturated carbocycles. The molecule has 0 unspecified atom stereocenters.